The van der Waals surface area contributed by atoms with Crippen LogP contribution in [0.25, 0.3) is 0 Å². The van der Waals surface area contributed by atoms with Gasteiger partial charge in [-0.05, 0) is 18.9 Å². The standard InChI is InChI=1S/C14H16ClN3O2/c1-17-6-10(15)5-11(17)7-18(2)14(19)12-13(9-3-4-9)20-8-16-12/h5-6,8-9H,3-4,7H2,1-2H3. The van der Waals surface area contributed by atoms with Crippen LogP contribution in [-0.2, 0) is 13.6 Å². The Hall–Kier alpha value is -1.75. The number of hydrogen-bond donors (Lipinski definition) is 0. The van der Waals surface area contributed by atoms with Crippen molar-refractivity contribution in [3.63, 3.8) is 0 Å². The number of amides is 1. The first-order valence-corrected chi connectivity index (χ1v) is 6.93. The molecule has 1 aliphatic rings. The lowest BCUT2D eigenvalue weighted by atomic mass is 10.2. The van der Waals surface area contributed by atoms with E-state index in [1.165, 1.54) is 6.39 Å². The Labute approximate surface area is 122 Å². The maximum atomic E-state index is 12.4. The lowest BCUT2D eigenvalue weighted by Gasteiger charge is -2.16. The van der Waals surface area contributed by atoms with Crippen molar-refractivity contribution in [2.24, 2.45) is 7.05 Å². The summed E-state index contributed by atoms with van der Waals surface area (Å²) in [4.78, 5) is 18.2. The van der Waals surface area contributed by atoms with Gasteiger partial charge < -0.3 is 13.9 Å². The molecule has 0 aromatic carbocycles. The summed E-state index contributed by atoms with van der Waals surface area (Å²) in [5.74, 6) is 0.985. The molecule has 2 aromatic rings. The van der Waals surface area contributed by atoms with E-state index in [9.17, 15) is 4.79 Å². The highest BCUT2D eigenvalue weighted by atomic mass is 35.5. The molecule has 0 radical (unpaired) electrons. The maximum absolute atomic E-state index is 12.4. The Morgan fingerprint density at radius 1 is 1.60 bits per heavy atom. The molecule has 1 saturated carbocycles. The van der Waals surface area contributed by atoms with Crippen molar-refractivity contribution in [2.75, 3.05) is 7.05 Å². The molecule has 1 aliphatic carbocycles. The van der Waals surface area contributed by atoms with Crippen molar-refractivity contribution in [3.05, 3.63) is 40.8 Å². The molecule has 1 fully saturated rings. The largest absolute Gasteiger partial charge is 0.447 e. The molecular formula is C14H16ClN3O2. The average Bonchev–Trinajstić information content (AvgIpc) is 3.05. The molecular weight excluding hydrogens is 278 g/mol. The number of oxazole rings is 1. The fourth-order valence-electron chi connectivity index (χ4n) is 2.27. The predicted molar refractivity (Wildman–Crippen MR) is 74.7 cm³/mol. The van der Waals surface area contributed by atoms with E-state index in [4.69, 9.17) is 16.0 Å². The zero-order valence-corrected chi connectivity index (χ0v) is 12.2. The van der Waals surface area contributed by atoms with Gasteiger partial charge >= 0.3 is 0 Å². The fraction of sp³-hybridized carbons (Fsp3) is 0.429. The summed E-state index contributed by atoms with van der Waals surface area (Å²) < 4.78 is 7.27. The fourth-order valence-corrected chi connectivity index (χ4v) is 2.54. The first kappa shape index (κ1) is 13.2. The Kier molecular flexibility index (Phi) is 3.30. The molecule has 0 saturated heterocycles. The van der Waals surface area contributed by atoms with Crippen LogP contribution in [0.3, 0.4) is 0 Å². The topological polar surface area (TPSA) is 51.3 Å². The first-order chi connectivity index (χ1) is 9.56. The van der Waals surface area contributed by atoms with Gasteiger partial charge in [-0.15, -0.1) is 0 Å². The van der Waals surface area contributed by atoms with Crippen molar-refractivity contribution in [1.29, 1.82) is 0 Å². The van der Waals surface area contributed by atoms with Crippen LogP contribution < -0.4 is 0 Å². The number of aryl methyl sites for hydroxylation is 1. The van der Waals surface area contributed by atoms with E-state index in [0.29, 0.717) is 23.2 Å². The van der Waals surface area contributed by atoms with Crippen molar-refractivity contribution in [2.45, 2.75) is 25.3 Å². The van der Waals surface area contributed by atoms with Gasteiger partial charge in [0.2, 0.25) is 0 Å². The molecule has 20 heavy (non-hydrogen) atoms. The van der Waals surface area contributed by atoms with Crippen molar-refractivity contribution < 1.29 is 9.21 Å². The molecule has 6 heteroatoms. The Morgan fingerprint density at radius 2 is 2.35 bits per heavy atom. The van der Waals surface area contributed by atoms with Crippen LogP contribution in [0, 0.1) is 0 Å². The quantitative estimate of drug-likeness (QED) is 0.871. The number of carbonyl (C=O) groups excluding carboxylic acids is 1. The Balaban J connectivity index is 1.76. The zero-order valence-electron chi connectivity index (χ0n) is 11.5. The lowest BCUT2D eigenvalue weighted by molar-refractivity contribution is 0.0775. The average molecular weight is 294 g/mol. The third kappa shape index (κ3) is 2.45. The SMILES string of the molecule is CN(Cc1cc(Cl)cn1C)C(=O)c1ncoc1C1CC1. The van der Waals surface area contributed by atoms with Crippen molar-refractivity contribution in [3.8, 4) is 0 Å². The summed E-state index contributed by atoms with van der Waals surface area (Å²) in [6, 6.07) is 1.86. The number of rotatable bonds is 4. The van der Waals surface area contributed by atoms with Crippen molar-refractivity contribution >= 4 is 17.5 Å². The number of halogens is 1. The summed E-state index contributed by atoms with van der Waals surface area (Å²) in [6.45, 7) is 0.485. The van der Waals surface area contributed by atoms with Gasteiger partial charge in [0.05, 0.1) is 11.6 Å². The van der Waals surface area contributed by atoms with E-state index in [0.717, 1.165) is 24.3 Å². The van der Waals surface area contributed by atoms with Crippen LogP contribution in [0.2, 0.25) is 5.02 Å². The van der Waals surface area contributed by atoms with Gasteiger partial charge in [-0.1, -0.05) is 11.6 Å². The highest BCUT2D eigenvalue weighted by molar-refractivity contribution is 6.30. The molecule has 0 aliphatic heterocycles. The number of hydrogen-bond acceptors (Lipinski definition) is 3. The van der Waals surface area contributed by atoms with Gasteiger partial charge in [0.15, 0.2) is 12.1 Å². The van der Waals surface area contributed by atoms with E-state index in [1.54, 1.807) is 11.9 Å². The number of carbonyl (C=O) groups is 1. The van der Waals surface area contributed by atoms with Crippen LogP contribution in [0.4, 0.5) is 0 Å². The van der Waals surface area contributed by atoms with Gasteiger partial charge in [-0.2, -0.15) is 0 Å². The summed E-state index contributed by atoms with van der Waals surface area (Å²) >= 11 is 5.95. The van der Waals surface area contributed by atoms with Crippen LogP contribution in [-0.4, -0.2) is 27.4 Å². The second-order valence-corrected chi connectivity index (χ2v) is 5.70. The highest BCUT2D eigenvalue weighted by Crippen LogP contribution is 2.41. The molecule has 1 amide bonds. The van der Waals surface area contributed by atoms with Gasteiger partial charge in [0.25, 0.3) is 5.91 Å². The normalized spacial score (nSPS) is 14.6. The first-order valence-electron chi connectivity index (χ1n) is 6.56. The second-order valence-electron chi connectivity index (χ2n) is 5.26. The van der Waals surface area contributed by atoms with Gasteiger partial charge in [-0.3, -0.25) is 4.79 Å². The molecule has 2 aromatic heterocycles. The number of aromatic nitrogens is 2. The predicted octanol–water partition coefficient (Wildman–Crippen LogP) is 2.82. The lowest BCUT2D eigenvalue weighted by Crippen LogP contribution is -2.28. The van der Waals surface area contributed by atoms with Gasteiger partial charge in [0, 0.05) is 31.9 Å². The number of nitrogens with zero attached hydrogens (tertiary/aromatic N) is 3. The Morgan fingerprint density at radius 3 is 2.95 bits per heavy atom. The van der Waals surface area contributed by atoms with Crippen molar-refractivity contribution in [1.82, 2.24) is 14.5 Å². The summed E-state index contributed by atoms with van der Waals surface area (Å²) in [6.07, 6.45) is 5.33. The maximum Gasteiger partial charge on any atom is 0.276 e. The van der Waals surface area contributed by atoms with Crippen LogP contribution >= 0.6 is 11.6 Å². The van der Waals surface area contributed by atoms with E-state index >= 15 is 0 Å². The molecule has 0 atom stereocenters. The molecule has 106 valence electrons. The summed E-state index contributed by atoms with van der Waals surface area (Å²) in [7, 11) is 3.67. The zero-order chi connectivity index (χ0) is 14.3. The molecule has 0 unspecified atom stereocenters. The van der Waals surface area contributed by atoms with E-state index in [2.05, 4.69) is 4.98 Å². The Bertz CT molecular complexity index is 643. The third-order valence-electron chi connectivity index (χ3n) is 3.57. The summed E-state index contributed by atoms with van der Waals surface area (Å²) in [5, 5.41) is 0.670. The molecule has 0 N–H and O–H groups in total. The van der Waals surface area contributed by atoms with E-state index in [1.807, 2.05) is 23.9 Å². The third-order valence-corrected chi connectivity index (χ3v) is 3.77. The van der Waals surface area contributed by atoms with Gasteiger partial charge in [0.1, 0.15) is 5.76 Å². The minimum absolute atomic E-state index is 0.113. The monoisotopic (exact) mass is 293 g/mol. The molecule has 0 spiro atoms. The molecule has 3 rings (SSSR count). The molecule has 5 nitrogen and oxygen atoms in total. The molecule has 0 bridgehead atoms. The van der Waals surface area contributed by atoms with E-state index < -0.39 is 0 Å². The van der Waals surface area contributed by atoms with Gasteiger partial charge in [-0.25, -0.2) is 4.98 Å². The minimum atomic E-state index is -0.113. The van der Waals surface area contributed by atoms with Crippen LogP contribution in [0.1, 0.15) is 40.7 Å². The second kappa shape index (κ2) is 4.98. The summed E-state index contributed by atoms with van der Waals surface area (Å²) in [5.41, 5.74) is 1.41. The van der Waals surface area contributed by atoms with Crippen LogP contribution in [0.15, 0.2) is 23.1 Å². The smallest absolute Gasteiger partial charge is 0.276 e. The minimum Gasteiger partial charge on any atom is -0.447 e. The molecule has 2 heterocycles. The van der Waals surface area contributed by atoms with Crippen LogP contribution in [0.5, 0.6) is 0 Å². The van der Waals surface area contributed by atoms with E-state index in [-0.39, 0.29) is 5.91 Å². The highest BCUT2D eigenvalue weighted by Gasteiger charge is 2.33.